The molecule has 1 aromatic rings. The number of aliphatic imine (C=N–C) groups is 1. The maximum Gasteiger partial charge on any atom is 0.193 e. The Labute approximate surface area is 157 Å². The number of hydrogen-bond donors (Lipinski definition) is 1. The first-order valence-electron chi connectivity index (χ1n) is 9.51. The van der Waals surface area contributed by atoms with Crippen molar-refractivity contribution in [2.24, 2.45) is 10.9 Å². The smallest absolute Gasteiger partial charge is 0.193 e. The summed E-state index contributed by atoms with van der Waals surface area (Å²) in [6.07, 6.45) is 1.08. The molecule has 25 heavy (non-hydrogen) atoms. The van der Waals surface area contributed by atoms with Gasteiger partial charge in [0, 0.05) is 64.8 Å². The largest absolute Gasteiger partial charge is 0.356 e. The van der Waals surface area contributed by atoms with Gasteiger partial charge in [-0.3, -0.25) is 4.99 Å². The molecule has 1 aromatic heterocycles. The van der Waals surface area contributed by atoms with Crippen molar-refractivity contribution in [1.29, 1.82) is 0 Å². The normalized spacial score (nSPS) is 18.3. The van der Waals surface area contributed by atoms with Gasteiger partial charge in [0.1, 0.15) is 0 Å². The molecule has 6 heteroatoms. The van der Waals surface area contributed by atoms with Crippen LogP contribution in [-0.2, 0) is 6.42 Å². The highest BCUT2D eigenvalue weighted by Gasteiger charge is 2.17. The van der Waals surface area contributed by atoms with Crippen LogP contribution in [0.1, 0.15) is 18.7 Å². The van der Waals surface area contributed by atoms with E-state index in [2.05, 4.69) is 63.4 Å². The third-order valence-electron chi connectivity index (χ3n) is 4.94. The highest BCUT2D eigenvalue weighted by Crippen LogP contribution is 2.09. The van der Waals surface area contributed by atoms with Gasteiger partial charge in [-0.15, -0.1) is 11.3 Å². The Hall–Kier alpha value is -1.11. The average Bonchev–Trinajstić information content (AvgIpc) is 3.14. The van der Waals surface area contributed by atoms with Crippen molar-refractivity contribution in [1.82, 2.24) is 20.0 Å². The average molecular weight is 366 g/mol. The highest BCUT2D eigenvalue weighted by molar-refractivity contribution is 7.09. The van der Waals surface area contributed by atoms with E-state index in [1.165, 1.54) is 44.1 Å². The zero-order valence-corrected chi connectivity index (χ0v) is 17.2. The predicted octanol–water partition coefficient (Wildman–Crippen LogP) is 2.07. The van der Waals surface area contributed by atoms with Crippen LogP contribution in [0, 0.1) is 5.92 Å². The van der Waals surface area contributed by atoms with Gasteiger partial charge in [-0.1, -0.05) is 19.9 Å². The van der Waals surface area contributed by atoms with E-state index in [0.717, 1.165) is 25.5 Å². The minimum atomic E-state index is 0.621. The van der Waals surface area contributed by atoms with Crippen molar-refractivity contribution in [3.8, 4) is 0 Å². The van der Waals surface area contributed by atoms with E-state index in [-0.39, 0.29) is 0 Å². The van der Waals surface area contributed by atoms with Gasteiger partial charge in [-0.25, -0.2) is 0 Å². The van der Waals surface area contributed by atoms with Crippen LogP contribution in [-0.4, -0.2) is 87.1 Å². The Morgan fingerprint density at radius 2 is 2.04 bits per heavy atom. The summed E-state index contributed by atoms with van der Waals surface area (Å²) in [5, 5.41) is 5.69. The molecular formula is C19H35N5S. The van der Waals surface area contributed by atoms with E-state index in [0.29, 0.717) is 5.92 Å². The minimum absolute atomic E-state index is 0.621. The van der Waals surface area contributed by atoms with Gasteiger partial charge in [0.15, 0.2) is 5.96 Å². The molecule has 1 saturated heterocycles. The summed E-state index contributed by atoms with van der Waals surface area (Å²) >= 11 is 1.83. The van der Waals surface area contributed by atoms with Gasteiger partial charge in [0.2, 0.25) is 0 Å². The van der Waals surface area contributed by atoms with Gasteiger partial charge in [-0.05, 0) is 30.3 Å². The lowest BCUT2D eigenvalue weighted by atomic mass is 10.1. The van der Waals surface area contributed by atoms with Crippen molar-refractivity contribution in [2.45, 2.75) is 20.3 Å². The maximum absolute atomic E-state index is 4.44. The lowest BCUT2D eigenvalue weighted by Crippen LogP contribution is -2.48. The van der Waals surface area contributed by atoms with E-state index in [1.807, 2.05) is 18.4 Å². The molecule has 1 unspecified atom stereocenters. The van der Waals surface area contributed by atoms with Gasteiger partial charge >= 0.3 is 0 Å². The fraction of sp³-hybridized carbons (Fsp3) is 0.737. The molecule has 0 bridgehead atoms. The van der Waals surface area contributed by atoms with Gasteiger partial charge < -0.3 is 20.0 Å². The van der Waals surface area contributed by atoms with Crippen molar-refractivity contribution < 1.29 is 0 Å². The topological polar surface area (TPSA) is 34.1 Å². The number of thiophene rings is 1. The van der Waals surface area contributed by atoms with E-state index in [9.17, 15) is 0 Å². The fourth-order valence-electron chi connectivity index (χ4n) is 3.28. The number of hydrogen-bond acceptors (Lipinski definition) is 4. The third kappa shape index (κ3) is 6.96. The Bertz CT molecular complexity index is 494. The zero-order valence-electron chi connectivity index (χ0n) is 16.4. The van der Waals surface area contributed by atoms with E-state index in [1.54, 1.807) is 0 Å². The van der Waals surface area contributed by atoms with Crippen molar-refractivity contribution >= 4 is 17.3 Å². The summed E-state index contributed by atoms with van der Waals surface area (Å²) in [5.74, 6) is 1.62. The second-order valence-corrected chi connectivity index (χ2v) is 8.05. The number of guanidine groups is 1. The first kappa shape index (κ1) is 20.2. The summed E-state index contributed by atoms with van der Waals surface area (Å²) in [5.41, 5.74) is 0. The number of rotatable bonds is 8. The van der Waals surface area contributed by atoms with Crippen LogP contribution < -0.4 is 5.32 Å². The number of likely N-dealkylation sites (N-methyl/N-ethyl adjacent to an activating group) is 2. The molecular weight excluding hydrogens is 330 g/mol. The van der Waals surface area contributed by atoms with Crippen LogP contribution >= 0.6 is 11.3 Å². The molecule has 1 N–H and O–H groups in total. The van der Waals surface area contributed by atoms with Gasteiger partial charge in [0.25, 0.3) is 0 Å². The Kier molecular flexibility index (Phi) is 8.72. The molecule has 0 saturated carbocycles. The van der Waals surface area contributed by atoms with Gasteiger partial charge in [0.05, 0.1) is 0 Å². The van der Waals surface area contributed by atoms with E-state index < -0.39 is 0 Å². The van der Waals surface area contributed by atoms with Crippen LogP contribution in [0.15, 0.2) is 22.5 Å². The van der Waals surface area contributed by atoms with E-state index in [4.69, 9.17) is 0 Å². The van der Waals surface area contributed by atoms with Crippen molar-refractivity contribution in [3.63, 3.8) is 0 Å². The van der Waals surface area contributed by atoms with Crippen LogP contribution in [0.3, 0.4) is 0 Å². The summed E-state index contributed by atoms with van der Waals surface area (Å²) in [6.45, 7) is 13.7. The molecule has 5 nitrogen and oxygen atoms in total. The molecule has 2 rings (SSSR count). The first-order chi connectivity index (χ1) is 12.1. The molecule has 0 spiro atoms. The van der Waals surface area contributed by atoms with Gasteiger partial charge in [-0.2, -0.15) is 0 Å². The summed E-state index contributed by atoms with van der Waals surface area (Å²) in [6, 6.07) is 4.32. The van der Waals surface area contributed by atoms with Crippen molar-refractivity contribution in [3.05, 3.63) is 22.4 Å². The molecule has 1 atom stereocenters. The predicted molar refractivity (Wildman–Crippen MR) is 110 cm³/mol. The lowest BCUT2D eigenvalue weighted by Gasteiger charge is -2.35. The lowest BCUT2D eigenvalue weighted by molar-refractivity contribution is 0.124. The first-order valence-corrected chi connectivity index (χ1v) is 10.4. The van der Waals surface area contributed by atoms with Crippen LogP contribution in [0.5, 0.6) is 0 Å². The minimum Gasteiger partial charge on any atom is -0.356 e. The second kappa shape index (κ2) is 10.8. The van der Waals surface area contributed by atoms with Crippen LogP contribution in [0.4, 0.5) is 0 Å². The molecule has 0 radical (unpaired) electrons. The molecule has 0 amide bonds. The molecule has 1 fully saturated rings. The Morgan fingerprint density at radius 3 is 2.64 bits per heavy atom. The molecule has 1 aliphatic heterocycles. The number of nitrogens with one attached hydrogen (secondary N) is 1. The second-order valence-electron chi connectivity index (χ2n) is 7.02. The standard InChI is InChI=1S/C19H35N5S/c1-5-23-10-12-24(13-11-23)16-17(2)15-21-19(20-3)22(4)9-8-18-7-6-14-25-18/h6-7,14,17H,5,8-13,15-16H2,1-4H3,(H,20,21). The third-order valence-corrected chi connectivity index (χ3v) is 5.87. The summed E-state index contributed by atoms with van der Waals surface area (Å²) < 4.78 is 0. The molecule has 0 aromatic carbocycles. The fourth-order valence-corrected chi connectivity index (χ4v) is 3.98. The van der Waals surface area contributed by atoms with Crippen LogP contribution in [0.2, 0.25) is 0 Å². The maximum atomic E-state index is 4.44. The highest BCUT2D eigenvalue weighted by atomic mass is 32.1. The SMILES string of the molecule is CCN1CCN(CC(C)CNC(=NC)N(C)CCc2cccs2)CC1. The Balaban J connectivity index is 1.67. The number of nitrogens with zero attached hydrogens (tertiary/aromatic N) is 4. The molecule has 1 aliphatic rings. The summed E-state index contributed by atoms with van der Waals surface area (Å²) in [4.78, 5) is 13.2. The summed E-state index contributed by atoms with van der Waals surface area (Å²) in [7, 11) is 4.00. The van der Waals surface area contributed by atoms with Crippen molar-refractivity contribution in [2.75, 3.05) is 66.5 Å². The monoisotopic (exact) mass is 365 g/mol. The van der Waals surface area contributed by atoms with Crippen LogP contribution in [0.25, 0.3) is 0 Å². The number of piperazine rings is 1. The molecule has 2 heterocycles. The molecule has 142 valence electrons. The zero-order chi connectivity index (χ0) is 18.1. The Morgan fingerprint density at radius 1 is 1.32 bits per heavy atom. The van der Waals surface area contributed by atoms with E-state index >= 15 is 0 Å². The quantitative estimate of drug-likeness (QED) is 0.565. The molecule has 0 aliphatic carbocycles.